The number of carbonyl (C=O) groups excluding carboxylic acids is 1. The van der Waals surface area contributed by atoms with Crippen LogP contribution in [0.2, 0.25) is 0 Å². The number of ether oxygens (including phenoxy) is 1. The summed E-state index contributed by atoms with van der Waals surface area (Å²) in [6.45, 7) is 5.15. The van der Waals surface area contributed by atoms with Gasteiger partial charge in [-0.05, 0) is 23.5 Å². The van der Waals surface area contributed by atoms with E-state index < -0.39 is 5.97 Å². The first-order valence-corrected chi connectivity index (χ1v) is 6.59. The van der Waals surface area contributed by atoms with Crippen molar-refractivity contribution in [3.05, 3.63) is 29.1 Å². The van der Waals surface area contributed by atoms with E-state index in [4.69, 9.17) is 9.84 Å². The van der Waals surface area contributed by atoms with E-state index in [1.807, 2.05) is 13.8 Å². The SMILES string of the molecule is CC(C)COC(=O)N1CCc2c(cncc2C(=O)O)C1. The van der Waals surface area contributed by atoms with Crippen LogP contribution in [0.3, 0.4) is 0 Å². The maximum atomic E-state index is 11.9. The quantitative estimate of drug-likeness (QED) is 0.913. The molecular weight excluding hydrogens is 260 g/mol. The fraction of sp³-hybridized carbons (Fsp3) is 0.500. The summed E-state index contributed by atoms with van der Waals surface area (Å²) < 4.78 is 5.19. The van der Waals surface area contributed by atoms with Gasteiger partial charge in [-0.15, -0.1) is 0 Å². The maximum absolute atomic E-state index is 11.9. The van der Waals surface area contributed by atoms with Gasteiger partial charge >= 0.3 is 12.1 Å². The van der Waals surface area contributed by atoms with Gasteiger partial charge in [0.1, 0.15) is 0 Å². The summed E-state index contributed by atoms with van der Waals surface area (Å²) in [4.78, 5) is 28.5. The average Bonchev–Trinajstić information content (AvgIpc) is 2.43. The Kier molecular flexibility index (Phi) is 4.22. The molecular formula is C14H18N2O4. The highest BCUT2D eigenvalue weighted by molar-refractivity contribution is 5.89. The Labute approximate surface area is 117 Å². The van der Waals surface area contributed by atoms with Gasteiger partial charge in [-0.3, -0.25) is 4.98 Å². The predicted molar refractivity (Wildman–Crippen MR) is 71.5 cm³/mol. The van der Waals surface area contributed by atoms with Crippen LogP contribution in [0.5, 0.6) is 0 Å². The Balaban J connectivity index is 2.10. The largest absolute Gasteiger partial charge is 0.478 e. The van der Waals surface area contributed by atoms with Gasteiger partial charge in [-0.25, -0.2) is 9.59 Å². The van der Waals surface area contributed by atoms with Crippen LogP contribution in [-0.4, -0.2) is 40.2 Å². The first-order valence-electron chi connectivity index (χ1n) is 6.59. The monoisotopic (exact) mass is 278 g/mol. The van der Waals surface area contributed by atoms with Crippen LogP contribution in [0, 0.1) is 5.92 Å². The zero-order valence-electron chi connectivity index (χ0n) is 11.6. The van der Waals surface area contributed by atoms with Gasteiger partial charge in [0.25, 0.3) is 0 Å². The lowest BCUT2D eigenvalue weighted by Crippen LogP contribution is -2.37. The molecule has 108 valence electrons. The molecule has 2 rings (SSSR count). The molecule has 2 heterocycles. The molecule has 1 aromatic rings. The van der Waals surface area contributed by atoms with E-state index in [0.717, 1.165) is 11.1 Å². The molecule has 0 aliphatic carbocycles. The van der Waals surface area contributed by atoms with Gasteiger partial charge in [-0.1, -0.05) is 13.8 Å². The molecule has 1 N–H and O–H groups in total. The molecule has 20 heavy (non-hydrogen) atoms. The number of amides is 1. The Morgan fingerprint density at radius 2 is 2.20 bits per heavy atom. The van der Waals surface area contributed by atoms with Gasteiger partial charge in [0.15, 0.2) is 0 Å². The molecule has 0 radical (unpaired) electrons. The normalized spacial score (nSPS) is 14.1. The third kappa shape index (κ3) is 3.07. The third-order valence-electron chi connectivity index (χ3n) is 3.17. The minimum absolute atomic E-state index is 0.220. The standard InChI is InChI=1S/C14H18N2O4/c1-9(2)8-20-14(19)16-4-3-11-10(7-16)5-15-6-12(11)13(17)18/h5-6,9H,3-4,7-8H2,1-2H3,(H,17,18). The fourth-order valence-electron chi connectivity index (χ4n) is 2.16. The summed E-state index contributed by atoms with van der Waals surface area (Å²) in [6, 6.07) is 0. The van der Waals surface area contributed by atoms with Crippen molar-refractivity contribution < 1.29 is 19.4 Å². The van der Waals surface area contributed by atoms with E-state index in [9.17, 15) is 9.59 Å². The van der Waals surface area contributed by atoms with Crippen molar-refractivity contribution in [3.8, 4) is 0 Å². The van der Waals surface area contributed by atoms with Crippen LogP contribution in [0.4, 0.5) is 4.79 Å². The molecule has 1 aliphatic rings. The summed E-state index contributed by atoms with van der Waals surface area (Å²) in [7, 11) is 0. The molecule has 0 atom stereocenters. The van der Waals surface area contributed by atoms with Crippen LogP contribution in [-0.2, 0) is 17.7 Å². The number of pyridine rings is 1. The maximum Gasteiger partial charge on any atom is 0.410 e. The Bertz CT molecular complexity index is 528. The van der Waals surface area contributed by atoms with Crippen molar-refractivity contribution >= 4 is 12.1 Å². The number of aromatic nitrogens is 1. The third-order valence-corrected chi connectivity index (χ3v) is 3.17. The lowest BCUT2D eigenvalue weighted by molar-refractivity contribution is 0.0693. The Morgan fingerprint density at radius 1 is 1.45 bits per heavy atom. The second-order valence-electron chi connectivity index (χ2n) is 5.27. The van der Waals surface area contributed by atoms with Crippen molar-refractivity contribution in [2.75, 3.05) is 13.2 Å². The first-order chi connectivity index (χ1) is 9.49. The molecule has 0 saturated carbocycles. The zero-order valence-corrected chi connectivity index (χ0v) is 11.6. The minimum Gasteiger partial charge on any atom is -0.478 e. The summed E-state index contributed by atoms with van der Waals surface area (Å²) in [6.07, 6.45) is 3.12. The van der Waals surface area contributed by atoms with Crippen molar-refractivity contribution in [1.82, 2.24) is 9.88 Å². The molecule has 0 unspecified atom stereocenters. The van der Waals surface area contributed by atoms with E-state index in [1.165, 1.54) is 6.20 Å². The van der Waals surface area contributed by atoms with E-state index in [0.29, 0.717) is 26.1 Å². The highest BCUT2D eigenvalue weighted by Gasteiger charge is 2.25. The number of carboxylic acids is 1. The number of carbonyl (C=O) groups is 2. The molecule has 1 aromatic heterocycles. The number of hydrogen-bond donors (Lipinski definition) is 1. The van der Waals surface area contributed by atoms with Crippen LogP contribution in [0.15, 0.2) is 12.4 Å². The molecule has 6 heteroatoms. The summed E-state index contributed by atoms with van der Waals surface area (Å²) in [5, 5.41) is 9.12. The Hall–Kier alpha value is -2.11. The van der Waals surface area contributed by atoms with Crippen LogP contribution in [0.25, 0.3) is 0 Å². The first kappa shape index (κ1) is 14.3. The average molecular weight is 278 g/mol. The van der Waals surface area contributed by atoms with E-state index in [2.05, 4.69) is 4.98 Å². The van der Waals surface area contributed by atoms with Gasteiger partial charge in [-0.2, -0.15) is 0 Å². The number of rotatable bonds is 3. The molecule has 0 saturated heterocycles. The van der Waals surface area contributed by atoms with Gasteiger partial charge < -0.3 is 14.7 Å². The van der Waals surface area contributed by atoms with Crippen LogP contribution >= 0.6 is 0 Å². The van der Waals surface area contributed by atoms with Gasteiger partial charge in [0.2, 0.25) is 0 Å². The predicted octanol–water partition coefficient (Wildman–Crippen LogP) is 1.93. The Morgan fingerprint density at radius 3 is 2.85 bits per heavy atom. The summed E-state index contributed by atoms with van der Waals surface area (Å²) in [5.41, 5.74) is 1.76. The molecule has 0 spiro atoms. The second kappa shape index (κ2) is 5.90. The lowest BCUT2D eigenvalue weighted by atomic mass is 9.97. The fourth-order valence-corrected chi connectivity index (χ4v) is 2.16. The number of fused-ring (bicyclic) bond motifs is 1. The van der Waals surface area contributed by atoms with Crippen molar-refractivity contribution in [2.45, 2.75) is 26.8 Å². The molecule has 6 nitrogen and oxygen atoms in total. The number of hydrogen-bond acceptors (Lipinski definition) is 4. The highest BCUT2D eigenvalue weighted by Crippen LogP contribution is 2.22. The van der Waals surface area contributed by atoms with E-state index in [1.54, 1.807) is 11.1 Å². The minimum atomic E-state index is -0.981. The van der Waals surface area contributed by atoms with Crippen LogP contribution in [0.1, 0.15) is 35.3 Å². The molecule has 1 amide bonds. The number of aromatic carboxylic acids is 1. The molecule has 0 aromatic carbocycles. The lowest BCUT2D eigenvalue weighted by Gasteiger charge is -2.28. The van der Waals surface area contributed by atoms with Gasteiger partial charge in [0.05, 0.1) is 18.7 Å². The smallest absolute Gasteiger partial charge is 0.410 e. The molecule has 1 aliphatic heterocycles. The van der Waals surface area contributed by atoms with E-state index in [-0.39, 0.29) is 17.6 Å². The number of nitrogens with zero attached hydrogens (tertiary/aromatic N) is 2. The van der Waals surface area contributed by atoms with Crippen molar-refractivity contribution in [2.24, 2.45) is 5.92 Å². The number of carboxylic acid groups (broad SMARTS) is 1. The second-order valence-corrected chi connectivity index (χ2v) is 5.27. The van der Waals surface area contributed by atoms with Crippen molar-refractivity contribution in [1.29, 1.82) is 0 Å². The highest BCUT2D eigenvalue weighted by atomic mass is 16.6. The van der Waals surface area contributed by atoms with E-state index >= 15 is 0 Å². The van der Waals surface area contributed by atoms with Crippen molar-refractivity contribution in [3.63, 3.8) is 0 Å². The summed E-state index contributed by atoms with van der Waals surface area (Å²) in [5.74, 6) is -0.693. The zero-order chi connectivity index (χ0) is 14.7. The topological polar surface area (TPSA) is 79.7 Å². The molecule has 0 bridgehead atoms. The molecule has 0 fully saturated rings. The summed E-state index contributed by atoms with van der Waals surface area (Å²) >= 11 is 0. The van der Waals surface area contributed by atoms with Crippen LogP contribution < -0.4 is 0 Å². The van der Waals surface area contributed by atoms with Gasteiger partial charge in [0, 0.05) is 18.9 Å².